The van der Waals surface area contributed by atoms with Gasteiger partial charge in [-0.25, -0.2) is 0 Å². The summed E-state index contributed by atoms with van der Waals surface area (Å²) in [6.07, 6.45) is 2.36. The Morgan fingerprint density at radius 2 is 1.73 bits per heavy atom. The first-order valence-electron chi connectivity index (χ1n) is 7.25. The van der Waals surface area contributed by atoms with E-state index in [0.29, 0.717) is 18.8 Å². The Morgan fingerprint density at radius 3 is 2.45 bits per heavy atom. The van der Waals surface area contributed by atoms with Crippen LogP contribution in [0.3, 0.4) is 0 Å². The number of aromatic nitrogens is 1. The average Bonchev–Trinajstić information content (AvgIpc) is 3.24. The molecule has 3 aromatic rings. The number of aromatic amines is 1. The fourth-order valence-corrected chi connectivity index (χ4v) is 2.80. The van der Waals surface area contributed by atoms with Gasteiger partial charge in [-0.05, 0) is 23.3 Å². The molecule has 1 aliphatic rings. The van der Waals surface area contributed by atoms with E-state index in [9.17, 15) is 4.79 Å². The van der Waals surface area contributed by atoms with Crippen molar-refractivity contribution in [2.75, 3.05) is 13.2 Å². The van der Waals surface area contributed by atoms with E-state index in [0.717, 1.165) is 33.9 Å². The number of hydrogen-bond acceptors (Lipinski definition) is 3. The number of carbonyl (C=O) groups is 1. The number of H-pyrrole nitrogens is 1. The normalized spacial score (nSPS) is 15.5. The highest BCUT2D eigenvalue weighted by Gasteiger charge is 2.17. The van der Waals surface area contributed by atoms with E-state index in [4.69, 9.17) is 9.47 Å². The molecule has 2 aromatic carbocycles. The minimum absolute atomic E-state index is 0.247. The van der Waals surface area contributed by atoms with Crippen molar-refractivity contribution in [1.82, 2.24) is 4.98 Å². The molecule has 22 heavy (non-hydrogen) atoms. The van der Waals surface area contributed by atoms with Gasteiger partial charge >= 0.3 is 0 Å². The second kappa shape index (κ2) is 5.40. The molecule has 110 valence electrons. The van der Waals surface area contributed by atoms with E-state index >= 15 is 0 Å². The van der Waals surface area contributed by atoms with Crippen molar-refractivity contribution in [1.29, 1.82) is 0 Å². The zero-order valence-corrected chi connectivity index (χ0v) is 11.9. The van der Waals surface area contributed by atoms with Gasteiger partial charge in [0, 0.05) is 28.2 Å². The van der Waals surface area contributed by atoms with Gasteiger partial charge < -0.3 is 14.5 Å². The third-order valence-electron chi connectivity index (χ3n) is 3.98. The SMILES string of the molecule is O=Cc1c[nH]c2ccc(-c3ccc(C4OCCO4)cc3)cc12. The molecule has 0 aliphatic carbocycles. The summed E-state index contributed by atoms with van der Waals surface area (Å²) in [7, 11) is 0. The van der Waals surface area contributed by atoms with E-state index < -0.39 is 0 Å². The highest BCUT2D eigenvalue weighted by molar-refractivity contribution is 5.99. The minimum atomic E-state index is -0.247. The van der Waals surface area contributed by atoms with Crippen LogP contribution in [0.4, 0.5) is 0 Å². The predicted octanol–water partition coefficient (Wildman–Crippen LogP) is 3.69. The topological polar surface area (TPSA) is 51.3 Å². The molecule has 1 fully saturated rings. The van der Waals surface area contributed by atoms with Crippen LogP contribution in [0.1, 0.15) is 22.2 Å². The van der Waals surface area contributed by atoms with Gasteiger partial charge in [-0.2, -0.15) is 0 Å². The molecule has 4 nitrogen and oxygen atoms in total. The number of nitrogens with one attached hydrogen (secondary N) is 1. The lowest BCUT2D eigenvalue weighted by atomic mass is 10.0. The van der Waals surface area contributed by atoms with Gasteiger partial charge in [0.05, 0.1) is 13.2 Å². The van der Waals surface area contributed by atoms with Crippen LogP contribution in [0.15, 0.2) is 48.7 Å². The van der Waals surface area contributed by atoms with Gasteiger partial charge in [0.1, 0.15) is 0 Å². The van der Waals surface area contributed by atoms with Crippen LogP contribution in [-0.2, 0) is 9.47 Å². The van der Waals surface area contributed by atoms with Crippen molar-refractivity contribution in [2.24, 2.45) is 0 Å². The number of benzene rings is 2. The van der Waals surface area contributed by atoms with Crippen molar-refractivity contribution in [3.63, 3.8) is 0 Å². The quantitative estimate of drug-likeness (QED) is 0.749. The molecular weight excluding hydrogens is 278 g/mol. The Hall–Kier alpha value is -2.43. The summed E-state index contributed by atoms with van der Waals surface area (Å²) in [5.41, 5.74) is 4.85. The minimum Gasteiger partial charge on any atom is -0.360 e. The lowest BCUT2D eigenvalue weighted by molar-refractivity contribution is -0.0441. The second-order valence-corrected chi connectivity index (χ2v) is 5.32. The smallest absolute Gasteiger partial charge is 0.184 e. The summed E-state index contributed by atoms with van der Waals surface area (Å²) in [5, 5.41) is 0.944. The van der Waals surface area contributed by atoms with Crippen molar-refractivity contribution in [3.8, 4) is 11.1 Å². The summed E-state index contributed by atoms with van der Waals surface area (Å²) in [4.78, 5) is 14.2. The first-order valence-corrected chi connectivity index (χ1v) is 7.25. The molecule has 0 radical (unpaired) electrons. The van der Waals surface area contributed by atoms with Crippen LogP contribution in [0.25, 0.3) is 22.0 Å². The first-order chi connectivity index (χ1) is 10.8. The number of ether oxygens (including phenoxy) is 2. The van der Waals surface area contributed by atoms with Crippen molar-refractivity contribution in [2.45, 2.75) is 6.29 Å². The maximum absolute atomic E-state index is 11.1. The van der Waals surface area contributed by atoms with Crippen molar-refractivity contribution in [3.05, 3.63) is 59.8 Å². The Kier molecular flexibility index (Phi) is 3.25. The Morgan fingerprint density at radius 1 is 1.00 bits per heavy atom. The molecule has 0 saturated carbocycles. The molecule has 1 N–H and O–H groups in total. The molecule has 2 heterocycles. The van der Waals surface area contributed by atoms with Gasteiger partial charge in [-0.1, -0.05) is 30.3 Å². The largest absolute Gasteiger partial charge is 0.360 e. The molecule has 0 atom stereocenters. The van der Waals surface area contributed by atoms with Gasteiger partial charge in [-0.3, -0.25) is 4.79 Å². The van der Waals surface area contributed by atoms with Gasteiger partial charge in [0.15, 0.2) is 12.6 Å². The lowest BCUT2D eigenvalue weighted by Gasteiger charge is -2.10. The van der Waals surface area contributed by atoms with Crippen LogP contribution < -0.4 is 0 Å². The zero-order valence-electron chi connectivity index (χ0n) is 11.9. The Labute approximate surface area is 127 Å². The summed E-state index contributed by atoms with van der Waals surface area (Å²) >= 11 is 0. The standard InChI is InChI=1S/C18H15NO3/c20-11-15-10-19-17-6-5-14(9-16(15)17)12-1-3-13(4-2-12)18-21-7-8-22-18/h1-6,9-11,18-19H,7-8H2. The number of hydrogen-bond donors (Lipinski definition) is 1. The third-order valence-corrected chi connectivity index (χ3v) is 3.98. The molecule has 0 spiro atoms. The maximum atomic E-state index is 11.1. The Balaban J connectivity index is 1.70. The fourth-order valence-electron chi connectivity index (χ4n) is 2.80. The number of carbonyl (C=O) groups excluding carboxylic acids is 1. The van der Waals surface area contributed by atoms with Gasteiger partial charge in [-0.15, -0.1) is 0 Å². The maximum Gasteiger partial charge on any atom is 0.184 e. The van der Waals surface area contributed by atoms with E-state index in [1.807, 2.05) is 30.3 Å². The van der Waals surface area contributed by atoms with Crippen LogP contribution in [-0.4, -0.2) is 24.5 Å². The van der Waals surface area contributed by atoms with E-state index in [1.165, 1.54) is 0 Å². The molecule has 0 bridgehead atoms. The van der Waals surface area contributed by atoms with Crippen LogP contribution in [0.2, 0.25) is 0 Å². The third kappa shape index (κ3) is 2.22. The highest BCUT2D eigenvalue weighted by atomic mass is 16.7. The molecule has 0 amide bonds. The highest BCUT2D eigenvalue weighted by Crippen LogP contribution is 2.29. The Bertz CT molecular complexity index is 814. The molecule has 1 aromatic heterocycles. The second-order valence-electron chi connectivity index (χ2n) is 5.32. The molecule has 1 saturated heterocycles. The lowest BCUT2D eigenvalue weighted by Crippen LogP contribution is -1.97. The number of rotatable bonds is 3. The predicted molar refractivity (Wildman–Crippen MR) is 83.8 cm³/mol. The monoisotopic (exact) mass is 293 g/mol. The summed E-state index contributed by atoms with van der Waals surface area (Å²) in [6, 6.07) is 14.2. The van der Waals surface area contributed by atoms with Crippen LogP contribution in [0, 0.1) is 0 Å². The molecule has 1 aliphatic heterocycles. The van der Waals surface area contributed by atoms with E-state index in [1.54, 1.807) is 6.20 Å². The molecular formula is C18H15NO3. The van der Waals surface area contributed by atoms with E-state index in [-0.39, 0.29) is 6.29 Å². The average molecular weight is 293 g/mol. The van der Waals surface area contributed by atoms with Crippen molar-refractivity contribution < 1.29 is 14.3 Å². The summed E-state index contributed by atoms with van der Waals surface area (Å²) in [6.45, 7) is 1.29. The fraction of sp³-hybridized carbons (Fsp3) is 0.167. The first kappa shape index (κ1) is 13.2. The van der Waals surface area contributed by atoms with Crippen molar-refractivity contribution >= 4 is 17.2 Å². The molecule has 4 rings (SSSR count). The van der Waals surface area contributed by atoms with Crippen LogP contribution >= 0.6 is 0 Å². The summed E-state index contributed by atoms with van der Waals surface area (Å²) in [5.74, 6) is 0. The van der Waals surface area contributed by atoms with Gasteiger partial charge in [0.2, 0.25) is 0 Å². The molecule has 4 heteroatoms. The molecule has 0 unspecified atom stereocenters. The number of fused-ring (bicyclic) bond motifs is 1. The van der Waals surface area contributed by atoms with Crippen LogP contribution in [0.5, 0.6) is 0 Å². The van der Waals surface area contributed by atoms with E-state index in [2.05, 4.69) is 17.1 Å². The summed E-state index contributed by atoms with van der Waals surface area (Å²) < 4.78 is 11.0. The number of aldehydes is 1. The van der Waals surface area contributed by atoms with Gasteiger partial charge in [0.25, 0.3) is 0 Å². The zero-order chi connectivity index (χ0) is 14.9.